The van der Waals surface area contributed by atoms with Crippen LogP contribution in [0.3, 0.4) is 0 Å². The van der Waals surface area contributed by atoms with Gasteiger partial charge in [0.25, 0.3) is 5.91 Å². The number of rotatable bonds is 8. The predicted octanol–water partition coefficient (Wildman–Crippen LogP) is 4.95. The van der Waals surface area contributed by atoms with Crippen molar-refractivity contribution in [2.75, 3.05) is 62.3 Å². The van der Waals surface area contributed by atoms with Crippen molar-refractivity contribution in [1.82, 2.24) is 19.9 Å². The van der Waals surface area contributed by atoms with Crippen LogP contribution in [0.4, 0.5) is 15.8 Å². The Morgan fingerprint density at radius 1 is 0.958 bits per heavy atom. The average Bonchev–Trinajstić information content (AvgIpc) is 3.90. The molecule has 10 nitrogen and oxygen atoms in total. The highest BCUT2D eigenvalue weighted by molar-refractivity contribution is 6.09. The van der Waals surface area contributed by atoms with Gasteiger partial charge in [0, 0.05) is 49.9 Å². The van der Waals surface area contributed by atoms with Crippen LogP contribution in [0.2, 0.25) is 0 Å². The molecule has 1 saturated carbocycles. The number of fused-ring (bicyclic) bond motifs is 2. The molecular weight excluding hydrogens is 611 g/mol. The molecule has 5 aromatic rings. The lowest BCUT2D eigenvalue weighted by Crippen LogP contribution is -2.47. The number of piperazine rings is 1. The quantitative estimate of drug-likeness (QED) is 0.216. The van der Waals surface area contributed by atoms with Crippen LogP contribution in [0, 0.1) is 5.82 Å². The molecule has 1 saturated heterocycles. The number of ether oxygens (including phenoxy) is 1. The summed E-state index contributed by atoms with van der Waals surface area (Å²) in [7, 11) is 0. The lowest BCUT2D eigenvalue weighted by atomic mass is 9.96. The molecule has 0 atom stereocenters. The molecule has 1 amide bonds. The lowest BCUT2D eigenvalue weighted by molar-refractivity contribution is 0.0985. The molecule has 0 bridgehead atoms. The number of halogens is 1. The maximum Gasteiger partial charge on any atom is 0.265 e. The number of nitrogens with zero attached hydrogens (tertiary/aromatic N) is 5. The zero-order valence-corrected chi connectivity index (χ0v) is 26.5. The van der Waals surface area contributed by atoms with Crippen molar-refractivity contribution >= 4 is 28.3 Å². The van der Waals surface area contributed by atoms with Gasteiger partial charge in [0.05, 0.1) is 48.7 Å². The largest absolute Gasteiger partial charge is 0.491 e. The average molecular weight is 649 g/mol. The molecule has 11 heteroatoms. The SMILES string of the molecule is O=C1c2c(F)cc(C3CC3)cc2OCCN1c1cccc(-c2ccnc3[nH]c(-c4ccc(N5CCN(CCO)CC5)cn4)cc23)c1CO. The van der Waals surface area contributed by atoms with Crippen molar-refractivity contribution in [3.63, 3.8) is 0 Å². The molecule has 2 aliphatic heterocycles. The number of β-amino-alcohol motifs (C(OH)–C–C–N with tert-alkyl or cyclic N) is 1. The maximum absolute atomic E-state index is 15.4. The van der Waals surface area contributed by atoms with Gasteiger partial charge in [0.1, 0.15) is 29.4 Å². The van der Waals surface area contributed by atoms with E-state index in [2.05, 4.69) is 25.8 Å². The van der Waals surface area contributed by atoms with Crippen LogP contribution < -0.4 is 14.5 Å². The van der Waals surface area contributed by atoms with Gasteiger partial charge in [-0.1, -0.05) is 12.1 Å². The summed E-state index contributed by atoms with van der Waals surface area (Å²) < 4.78 is 21.4. The van der Waals surface area contributed by atoms with E-state index in [-0.39, 0.29) is 37.7 Å². The summed E-state index contributed by atoms with van der Waals surface area (Å²) in [6.45, 7) is 4.53. The van der Waals surface area contributed by atoms with E-state index in [4.69, 9.17) is 9.72 Å². The van der Waals surface area contributed by atoms with Gasteiger partial charge in [-0.25, -0.2) is 9.37 Å². The van der Waals surface area contributed by atoms with E-state index in [0.29, 0.717) is 29.4 Å². The second-order valence-corrected chi connectivity index (χ2v) is 12.7. The van der Waals surface area contributed by atoms with Gasteiger partial charge < -0.3 is 29.7 Å². The Balaban J connectivity index is 1.10. The Kier molecular flexibility index (Phi) is 8.03. The number of anilines is 2. The van der Waals surface area contributed by atoms with E-state index >= 15 is 4.39 Å². The number of carbonyl (C=O) groups is 1. The van der Waals surface area contributed by atoms with Crippen LogP contribution >= 0.6 is 0 Å². The second-order valence-electron chi connectivity index (χ2n) is 12.7. The van der Waals surface area contributed by atoms with Crippen molar-refractivity contribution in [3.05, 3.63) is 89.5 Å². The first-order chi connectivity index (χ1) is 23.5. The Labute approximate surface area is 277 Å². The van der Waals surface area contributed by atoms with Gasteiger partial charge in [0.15, 0.2) is 0 Å². The number of aliphatic hydroxyl groups is 2. The first-order valence-corrected chi connectivity index (χ1v) is 16.6. The number of nitrogens with one attached hydrogen (secondary N) is 1. The van der Waals surface area contributed by atoms with Crippen molar-refractivity contribution in [2.45, 2.75) is 25.4 Å². The number of aromatic amines is 1. The highest BCUT2D eigenvalue weighted by Crippen LogP contribution is 2.44. The molecule has 2 fully saturated rings. The summed E-state index contributed by atoms with van der Waals surface area (Å²) >= 11 is 0. The van der Waals surface area contributed by atoms with E-state index < -0.39 is 11.7 Å². The van der Waals surface area contributed by atoms with Crippen molar-refractivity contribution in [3.8, 4) is 28.3 Å². The van der Waals surface area contributed by atoms with Crippen LogP contribution in [0.15, 0.2) is 67.0 Å². The van der Waals surface area contributed by atoms with E-state index in [1.807, 2.05) is 36.5 Å². The first-order valence-electron chi connectivity index (χ1n) is 16.6. The number of carbonyl (C=O) groups excluding carboxylic acids is 1. The number of aromatic nitrogens is 3. The van der Waals surface area contributed by atoms with E-state index in [1.54, 1.807) is 18.3 Å². The number of benzene rings is 2. The minimum Gasteiger partial charge on any atom is -0.491 e. The fraction of sp³-hybridized carbons (Fsp3) is 0.324. The first kappa shape index (κ1) is 30.5. The monoisotopic (exact) mass is 648 g/mol. The molecule has 3 N–H and O–H groups in total. The Morgan fingerprint density at radius 3 is 2.56 bits per heavy atom. The third-order valence-electron chi connectivity index (χ3n) is 9.76. The van der Waals surface area contributed by atoms with Crippen LogP contribution in [0.5, 0.6) is 5.75 Å². The van der Waals surface area contributed by atoms with Crippen LogP contribution in [0.25, 0.3) is 33.5 Å². The van der Waals surface area contributed by atoms with Crippen molar-refractivity contribution in [2.24, 2.45) is 0 Å². The number of H-pyrrole nitrogens is 1. The van der Waals surface area contributed by atoms with Gasteiger partial charge in [-0.3, -0.25) is 14.7 Å². The molecule has 246 valence electrons. The molecule has 5 heterocycles. The topological polar surface area (TPSA) is 118 Å². The van der Waals surface area contributed by atoms with E-state index in [0.717, 1.165) is 78.2 Å². The van der Waals surface area contributed by atoms with Gasteiger partial charge in [-0.05, 0) is 77.9 Å². The molecule has 1 aliphatic carbocycles. The third-order valence-corrected chi connectivity index (χ3v) is 9.76. The summed E-state index contributed by atoms with van der Waals surface area (Å²) in [6, 6.07) is 16.8. The van der Waals surface area contributed by atoms with Gasteiger partial charge in [0.2, 0.25) is 0 Å². The van der Waals surface area contributed by atoms with E-state index in [9.17, 15) is 15.0 Å². The molecule has 3 aliphatic rings. The molecule has 48 heavy (non-hydrogen) atoms. The van der Waals surface area contributed by atoms with Crippen molar-refractivity contribution in [1.29, 1.82) is 0 Å². The summed E-state index contributed by atoms with van der Waals surface area (Å²) in [4.78, 5) is 32.7. The zero-order valence-electron chi connectivity index (χ0n) is 26.5. The predicted molar refractivity (Wildman–Crippen MR) is 182 cm³/mol. The Morgan fingerprint density at radius 2 is 1.81 bits per heavy atom. The number of amides is 1. The standard InChI is InChI=1S/C37H37FN6O4/c38-30-18-24(23-4-5-23)19-34-35(30)37(47)44(15-17-48-34)33-3-1-2-26(29(33)22-46)27-8-9-39-36-28(27)20-32(41-36)31-7-6-25(21-40-31)43-12-10-42(11-13-43)14-16-45/h1-3,6-9,18-21,23,45-46H,4-5,10-17,22H2,(H,39,41). The maximum atomic E-state index is 15.4. The molecule has 0 unspecified atom stereocenters. The normalized spacial score (nSPS) is 17.0. The van der Waals surface area contributed by atoms with E-state index in [1.165, 1.54) is 11.0 Å². The minimum atomic E-state index is -0.578. The lowest BCUT2D eigenvalue weighted by Gasteiger charge is -2.35. The summed E-state index contributed by atoms with van der Waals surface area (Å²) in [5.74, 6) is -0.457. The van der Waals surface area contributed by atoms with Gasteiger partial charge in [-0.15, -0.1) is 0 Å². The molecular formula is C37H37FN6O4. The minimum absolute atomic E-state index is 0.0738. The number of pyridine rings is 2. The molecule has 8 rings (SSSR count). The highest BCUT2D eigenvalue weighted by atomic mass is 19.1. The highest BCUT2D eigenvalue weighted by Gasteiger charge is 2.33. The van der Waals surface area contributed by atoms with Crippen molar-refractivity contribution < 1.29 is 24.1 Å². The van der Waals surface area contributed by atoms with Crippen LogP contribution in [-0.4, -0.2) is 88.5 Å². The number of hydrogen-bond acceptors (Lipinski definition) is 8. The molecule has 2 aromatic carbocycles. The van der Waals surface area contributed by atoms with Gasteiger partial charge in [-0.2, -0.15) is 0 Å². The Hall–Kier alpha value is -4.84. The fourth-order valence-corrected chi connectivity index (χ4v) is 7.04. The number of aliphatic hydroxyl groups excluding tert-OH is 2. The van der Waals surface area contributed by atoms with Gasteiger partial charge >= 0.3 is 0 Å². The van der Waals surface area contributed by atoms with Crippen LogP contribution in [-0.2, 0) is 6.61 Å². The molecule has 3 aromatic heterocycles. The molecule has 0 radical (unpaired) electrons. The van der Waals surface area contributed by atoms with Crippen LogP contribution in [0.1, 0.15) is 40.2 Å². The Bertz CT molecular complexity index is 1980. The summed E-state index contributed by atoms with van der Waals surface area (Å²) in [5, 5.41) is 20.8. The molecule has 0 spiro atoms. The number of hydrogen-bond donors (Lipinski definition) is 3. The fourth-order valence-electron chi connectivity index (χ4n) is 7.04. The zero-order chi connectivity index (χ0) is 32.8. The summed E-state index contributed by atoms with van der Waals surface area (Å²) in [6.07, 6.45) is 5.64. The summed E-state index contributed by atoms with van der Waals surface area (Å²) in [5.41, 5.74) is 6.77. The smallest absolute Gasteiger partial charge is 0.265 e. The third kappa shape index (κ3) is 5.57. The second kappa shape index (κ2) is 12.6.